The normalized spacial score (nSPS) is 14.6. The lowest BCUT2D eigenvalue weighted by molar-refractivity contribution is 0.0929. The van der Waals surface area contributed by atoms with Crippen LogP contribution in [0.25, 0.3) is 10.1 Å². The number of Topliss-reactive ketones (excluding diaryl/α,β-unsaturated/α-hetero) is 1. The van der Waals surface area contributed by atoms with Crippen LogP contribution in [-0.2, 0) is 12.8 Å². The number of hydrogen-bond acceptors (Lipinski definition) is 2. The Morgan fingerprint density at radius 2 is 1.60 bits per heavy atom. The summed E-state index contributed by atoms with van der Waals surface area (Å²) in [5.74, 6) is 0.433. The Hall–Kier alpha value is -1.93. The maximum absolute atomic E-state index is 12.7. The Kier molecular flexibility index (Phi) is 2.71. The minimum atomic E-state index is 0.125. The second-order valence-corrected chi connectivity index (χ2v) is 6.47. The van der Waals surface area contributed by atoms with Gasteiger partial charge in [-0.15, -0.1) is 11.3 Å². The van der Waals surface area contributed by atoms with Crippen molar-refractivity contribution in [3.8, 4) is 0 Å². The summed E-state index contributed by atoms with van der Waals surface area (Å²) < 4.78 is 1.20. The zero-order valence-corrected chi connectivity index (χ0v) is 11.8. The molecule has 1 nitrogen and oxygen atoms in total. The largest absolute Gasteiger partial charge is 0.293 e. The first-order valence-electron chi connectivity index (χ1n) is 6.91. The van der Waals surface area contributed by atoms with Crippen LogP contribution >= 0.6 is 11.3 Å². The molecule has 0 aliphatic heterocycles. The van der Waals surface area contributed by atoms with Gasteiger partial charge in [0.15, 0.2) is 5.78 Å². The smallest absolute Gasteiger partial charge is 0.176 e. The fourth-order valence-corrected chi connectivity index (χ4v) is 4.13. The summed E-state index contributed by atoms with van der Waals surface area (Å²) in [5.41, 5.74) is 2.68. The van der Waals surface area contributed by atoms with Gasteiger partial charge in [0.05, 0.1) is 4.88 Å². The lowest BCUT2D eigenvalue weighted by Crippen LogP contribution is -2.13. The Bertz CT molecular complexity index is 742. The zero-order valence-electron chi connectivity index (χ0n) is 11.0. The van der Waals surface area contributed by atoms with Crippen molar-refractivity contribution in [2.45, 2.75) is 12.8 Å². The molecule has 0 bridgehead atoms. The van der Waals surface area contributed by atoms with E-state index in [1.807, 2.05) is 18.2 Å². The summed E-state index contributed by atoms with van der Waals surface area (Å²) >= 11 is 1.62. The minimum absolute atomic E-state index is 0.125. The summed E-state index contributed by atoms with van der Waals surface area (Å²) in [4.78, 5) is 13.6. The molecule has 0 atom stereocenters. The van der Waals surface area contributed by atoms with Crippen LogP contribution < -0.4 is 0 Å². The zero-order chi connectivity index (χ0) is 13.5. The quantitative estimate of drug-likeness (QED) is 0.631. The van der Waals surface area contributed by atoms with Crippen LogP contribution in [0.4, 0.5) is 0 Å². The van der Waals surface area contributed by atoms with Crippen molar-refractivity contribution >= 4 is 27.2 Å². The van der Waals surface area contributed by atoms with Gasteiger partial charge in [0.1, 0.15) is 0 Å². The van der Waals surface area contributed by atoms with E-state index < -0.39 is 0 Å². The molecule has 20 heavy (non-hydrogen) atoms. The van der Waals surface area contributed by atoms with Crippen LogP contribution in [0.2, 0.25) is 0 Å². The van der Waals surface area contributed by atoms with Crippen LogP contribution in [0.5, 0.6) is 0 Å². The van der Waals surface area contributed by atoms with Gasteiger partial charge in [-0.1, -0.05) is 42.5 Å². The standard InChI is InChI=1S/C18H14OS/c19-18(15-9-12-5-1-2-6-13(12)10-15)17-11-14-7-3-4-8-16(14)20-17/h1-8,11,15H,9-10H2. The van der Waals surface area contributed by atoms with Crippen LogP contribution in [-0.4, -0.2) is 5.78 Å². The molecule has 1 aliphatic carbocycles. The third-order valence-corrected chi connectivity index (χ3v) is 5.22. The van der Waals surface area contributed by atoms with E-state index in [1.54, 1.807) is 11.3 Å². The number of hydrogen-bond donors (Lipinski definition) is 0. The van der Waals surface area contributed by atoms with Crippen molar-refractivity contribution in [1.29, 1.82) is 0 Å². The summed E-state index contributed by atoms with van der Waals surface area (Å²) in [6.45, 7) is 0. The highest BCUT2D eigenvalue weighted by Gasteiger charge is 2.28. The second kappa shape index (κ2) is 4.57. The van der Waals surface area contributed by atoms with E-state index in [9.17, 15) is 4.79 Å². The Morgan fingerprint density at radius 3 is 2.30 bits per heavy atom. The number of carbonyl (C=O) groups excluding carboxylic acids is 1. The number of carbonyl (C=O) groups is 1. The molecule has 98 valence electrons. The van der Waals surface area contributed by atoms with Gasteiger partial charge in [-0.3, -0.25) is 4.79 Å². The van der Waals surface area contributed by atoms with Crippen molar-refractivity contribution in [3.63, 3.8) is 0 Å². The van der Waals surface area contributed by atoms with Crippen LogP contribution in [0.1, 0.15) is 20.8 Å². The Morgan fingerprint density at radius 1 is 0.950 bits per heavy atom. The van der Waals surface area contributed by atoms with Crippen LogP contribution in [0.15, 0.2) is 54.6 Å². The molecule has 0 saturated heterocycles. The lowest BCUT2D eigenvalue weighted by Gasteiger charge is -2.05. The summed E-state index contributed by atoms with van der Waals surface area (Å²) in [6.07, 6.45) is 1.78. The molecule has 0 saturated carbocycles. The molecule has 0 N–H and O–H groups in total. The first kappa shape index (κ1) is 11.9. The molecule has 2 heteroatoms. The van der Waals surface area contributed by atoms with Gasteiger partial charge in [-0.05, 0) is 41.5 Å². The molecule has 0 unspecified atom stereocenters. The molecule has 0 radical (unpaired) electrons. The minimum Gasteiger partial charge on any atom is -0.293 e. The lowest BCUT2D eigenvalue weighted by atomic mass is 9.99. The van der Waals surface area contributed by atoms with Gasteiger partial charge in [-0.2, -0.15) is 0 Å². The third-order valence-electron chi connectivity index (χ3n) is 4.09. The van der Waals surface area contributed by atoms with E-state index in [1.165, 1.54) is 21.2 Å². The van der Waals surface area contributed by atoms with Gasteiger partial charge in [-0.25, -0.2) is 0 Å². The average Bonchev–Trinajstić information content (AvgIpc) is 3.10. The van der Waals surface area contributed by atoms with E-state index >= 15 is 0 Å². The molecular weight excluding hydrogens is 264 g/mol. The highest BCUT2D eigenvalue weighted by Crippen LogP contribution is 2.32. The molecule has 0 amide bonds. The Balaban J connectivity index is 1.65. The highest BCUT2D eigenvalue weighted by molar-refractivity contribution is 7.20. The Labute approximate surface area is 121 Å². The third kappa shape index (κ3) is 1.88. The summed E-state index contributed by atoms with van der Waals surface area (Å²) in [5, 5.41) is 1.18. The SMILES string of the molecule is O=C(c1cc2ccccc2s1)C1Cc2ccccc2C1. The van der Waals surface area contributed by atoms with Crippen molar-refractivity contribution in [2.24, 2.45) is 5.92 Å². The van der Waals surface area contributed by atoms with Gasteiger partial charge in [0.2, 0.25) is 0 Å². The number of rotatable bonds is 2. The summed E-state index contributed by atoms with van der Waals surface area (Å²) in [7, 11) is 0. The van der Waals surface area contributed by atoms with E-state index in [4.69, 9.17) is 0 Å². The van der Waals surface area contributed by atoms with Crippen LogP contribution in [0, 0.1) is 5.92 Å². The van der Waals surface area contributed by atoms with Gasteiger partial charge in [0, 0.05) is 10.6 Å². The highest BCUT2D eigenvalue weighted by atomic mass is 32.1. The maximum atomic E-state index is 12.7. The number of thiophene rings is 1. The fourth-order valence-electron chi connectivity index (χ4n) is 3.05. The van der Waals surface area contributed by atoms with Gasteiger partial charge < -0.3 is 0 Å². The number of benzene rings is 2. The summed E-state index contributed by atoms with van der Waals surface area (Å²) in [6, 6.07) is 18.7. The molecular formula is C18H14OS. The predicted molar refractivity (Wildman–Crippen MR) is 83.5 cm³/mol. The van der Waals surface area contributed by atoms with E-state index in [-0.39, 0.29) is 5.92 Å². The molecule has 0 fully saturated rings. The maximum Gasteiger partial charge on any atom is 0.176 e. The molecule has 0 spiro atoms. The number of ketones is 1. The molecule has 1 aromatic heterocycles. The van der Waals surface area contributed by atoms with Crippen LogP contribution in [0.3, 0.4) is 0 Å². The molecule has 2 aromatic carbocycles. The van der Waals surface area contributed by atoms with Gasteiger partial charge >= 0.3 is 0 Å². The van der Waals surface area contributed by atoms with Crippen molar-refractivity contribution in [3.05, 3.63) is 70.6 Å². The predicted octanol–water partition coefficient (Wildman–Crippen LogP) is 4.50. The first-order valence-corrected chi connectivity index (χ1v) is 7.72. The van der Waals surface area contributed by atoms with Crippen molar-refractivity contribution in [1.82, 2.24) is 0 Å². The molecule has 4 rings (SSSR count). The van der Waals surface area contributed by atoms with Crippen molar-refractivity contribution in [2.75, 3.05) is 0 Å². The average molecular weight is 278 g/mol. The van der Waals surface area contributed by atoms with Gasteiger partial charge in [0.25, 0.3) is 0 Å². The topological polar surface area (TPSA) is 17.1 Å². The van der Waals surface area contributed by atoms with E-state index in [0.29, 0.717) is 5.78 Å². The first-order chi connectivity index (χ1) is 9.81. The van der Waals surface area contributed by atoms with E-state index in [0.717, 1.165) is 17.7 Å². The second-order valence-electron chi connectivity index (χ2n) is 5.39. The monoisotopic (exact) mass is 278 g/mol. The van der Waals surface area contributed by atoms with E-state index in [2.05, 4.69) is 36.4 Å². The molecule has 1 heterocycles. The number of fused-ring (bicyclic) bond motifs is 2. The fraction of sp³-hybridized carbons (Fsp3) is 0.167. The molecule has 3 aromatic rings. The van der Waals surface area contributed by atoms with Crippen molar-refractivity contribution < 1.29 is 4.79 Å². The molecule has 1 aliphatic rings.